The molecule has 1 aliphatic rings. The lowest BCUT2D eigenvalue weighted by molar-refractivity contribution is -0.118. The Balaban J connectivity index is 1.45. The Kier molecular flexibility index (Phi) is 6.42. The first-order chi connectivity index (χ1) is 17.1. The molecule has 0 radical (unpaired) electrons. The number of hydrogen-bond acceptors (Lipinski definition) is 5. The molecule has 0 aliphatic carbocycles. The maximum atomic E-state index is 13.7. The third kappa shape index (κ3) is 4.59. The number of H-pyrrole nitrogens is 1. The summed E-state index contributed by atoms with van der Waals surface area (Å²) in [5, 5.41) is 18.0. The molecule has 3 aromatic carbocycles. The predicted molar refractivity (Wildman–Crippen MR) is 138 cm³/mol. The summed E-state index contributed by atoms with van der Waals surface area (Å²) in [6, 6.07) is 26.2. The van der Waals surface area contributed by atoms with Crippen molar-refractivity contribution in [2.45, 2.75) is 51.2 Å². The quantitative estimate of drug-likeness (QED) is 0.382. The zero-order valence-corrected chi connectivity index (χ0v) is 20.1. The summed E-state index contributed by atoms with van der Waals surface area (Å²) >= 11 is 0. The number of amides is 1. The van der Waals surface area contributed by atoms with Crippen LogP contribution in [0.2, 0.25) is 0 Å². The zero-order valence-electron chi connectivity index (χ0n) is 20.1. The highest BCUT2D eigenvalue weighted by atomic mass is 16.2. The van der Waals surface area contributed by atoms with E-state index < -0.39 is 5.66 Å². The van der Waals surface area contributed by atoms with Crippen LogP contribution >= 0.6 is 0 Å². The van der Waals surface area contributed by atoms with E-state index in [1.165, 1.54) is 0 Å². The molecule has 2 N–H and O–H groups in total. The number of benzene rings is 3. The van der Waals surface area contributed by atoms with Gasteiger partial charge in [-0.25, -0.2) is 5.10 Å². The molecule has 7 heteroatoms. The van der Waals surface area contributed by atoms with Gasteiger partial charge in [-0.1, -0.05) is 86.5 Å². The molecule has 178 valence electrons. The van der Waals surface area contributed by atoms with Crippen molar-refractivity contribution in [2.24, 2.45) is 0 Å². The number of tetrazole rings is 1. The van der Waals surface area contributed by atoms with Crippen LogP contribution < -0.4 is 10.2 Å². The zero-order chi connectivity index (χ0) is 24.3. The fraction of sp³-hybridized carbons (Fsp3) is 0.286. The molecule has 2 atom stereocenters. The van der Waals surface area contributed by atoms with Crippen molar-refractivity contribution >= 4 is 11.6 Å². The van der Waals surface area contributed by atoms with Crippen LogP contribution in [0, 0.1) is 0 Å². The molecule has 0 spiro atoms. The summed E-state index contributed by atoms with van der Waals surface area (Å²) < 4.78 is 0. The van der Waals surface area contributed by atoms with E-state index in [2.05, 4.69) is 70.1 Å². The van der Waals surface area contributed by atoms with Crippen molar-refractivity contribution in [1.29, 1.82) is 0 Å². The number of hydrogen-bond donors (Lipinski definition) is 2. The number of rotatable bonds is 8. The second kappa shape index (κ2) is 9.80. The minimum atomic E-state index is -0.433. The van der Waals surface area contributed by atoms with Crippen molar-refractivity contribution in [3.05, 3.63) is 84.4 Å². The van der Waals surface area contributed by atoms with Crippen LogP contribution in [0.15, 0.2) is 78.9 Å². The van der Waals surface area contributed by atoms with Crippen LogP contribution in [0.25, 0.3) is 22.5 Å². The maximum absolute atomic E-state index is 13.7. The standard InChI is InChI=1S/C28H30N6O/c1-3-4-18-28(2)29-25(19-20-10-6-5-7-11-20)27(35)34(28)22-16-14-21(15-17-22)23-12-8-9-13-24(23)26-30-32-33-31-26/h5-17,25,29H,3-4,18-19H2,1-2H3,(H,30,31,32,33). The van der Waals surface area contributed by atoms with E-state index >= 15 is 0 Å². The van der Waals surface area contributed by atoms with Gasteiger partial charge in [0.25, 0.3) is 0 Å². The lowest BCUT2D eigenvalue weighted by atomic mass is 9.98. The molecule has 1 saturated heterocycles. The van der Waals surface area contributed by atoms with E-state index in [1.54, 1.807) is 0 Å². The molecule has 4 aromatic rings. The van der Waals surface area contributed by atoms with E-state index in [9.17, 15) is 4.79 Å². The Morgan fingerprint density at radius 2 is 1.66 bits per heavy atom. The average molecular weight is 467 g/mol. The summed E-state index contributed by atoms with van der Waals surface area (Å²) in [5.74, 6) is 0.743. The minimum absolute atomic E-state index is 0.119. The molecule has 7 nitrogen and oxygen atoms in total. The Labute approximate surface area is 205 Å². The fourth-order valence-electron chi connectivity index (χ4n) is 5.01. The summed E-state index contributed by atoms with van der Waals surface area (Å²) in [7, 11) is 0. The van der Waals surface area contributed by atoms with Gasteiger partial charge in [-0.2, -0.15) is 0 Å². The second-order valence-corrected chi connectivity index (χ2v) is 9.28. The van der Waals surface area contributed by atoms with Crippen LogP contribution in [-0.2, 0) is 11.2 Å². The molecular weight excluding hydrogens is 436 g/mol. The molecule has 35 heavy (non-hydrogen) atoms. The molecule has 1 aliphatic heterocycles. The molecule has 5 rings (SSSR count). The summed E-state index contributed by atoms with van der Waals surface area (Å²) in [6.07, 6.45) is 3.69. The van der Waals surface area contributed by atoms with Crippen LogP contribution in [0.4, 0.5) is 5.69 Å². The third-order valence-corrected chi connectivity index (χ3v) is 6.76. The average Bonchev–Trinajstić information content (AvgIpc) is 3.51. The monoisotopic (exact) mass is 466 g/mol. The van der Waals surface area contributed by atoms with Gasteiger partial charge in [0.05, 0.1) is 11.7 Å². The number of nitrogens with one attached hydrogen (secondary N) is 2. The van der Waals surface area contributed by atoms with Gasteiger partial charge in [-0.3, -0.25) is 15.0 Å². The first-order valence-corrected chi connectivity index (χ1v) is 12.2. The largest absolute Gasteiger partial charge is 0.293 e. The smallest absolute Gasteiger partial charge is 0.246 e. The van der Waals surface area contributed by atoms with Crippen LogP contribution in [0.3, 0.4) is 0 Å². The van der Waals surface area contributed by atoms with Gasteiger partial charge in [-0.15, -0.1) is 5.10 Å². The predicted octanol–water partition coefficient (Wildman–Crippen LogP) is 4.99. The van der Waals surface area contributed by atoms with Crippen LogP contribution in [0.1, 0.15) is 38.7 Å². The van der Waals surface area contributed by atoms with Crippen molar-refractivity contribution in [3.63, 3.8) is 0 Å². The summed E-state index contributed by atoms with van der Waals surface area (Å²) in [4.78, 5) is 15.7. The first-order valence-electron chi connectivity index (χ1n) is 12.2. The fourth-order valence-corrected chi connectivity index (χ4v) is 5.01. The van der Waals surface area contributed by atoms with Gasteiger partial charge in [-0.05, 0) is 59.0 Å². The second-order valence-electron chi connectivity index (χ2n) is 9.28. The highest BCUT2D eigenvalue weighted by Gasteiger charge is 2.47. The number of anilines is 1. The summed E-state index contributed by atoms with van der Waals surface area (Å²) in [5.41, 5.74) is 4.62. The lowest BCUT2D eigenvalue weighted by Crippen LogP contribution is -2.50. The molecule has 0 bridgehead atoms. The normalized spacial score (nSPS) is 19.9. The molecule has 2 heterocycles. The number of aromatic nitrogens is 4. The van der Waals surface area contributed by atoms with E-state index in [1.807, 2.05) is 53.4 Å². The van der Waals surface area contributed by atoms with Crippen molar-refractivity contribution < 1.29 is 4.79 Å². The SMILES string of the molecule is CCCCC1(C)NC(Cc2ccccc2)C(=O)N1c1ccc(-c2ccccc2-c2nnn[nH]2)cc1. The highest BCUT2D eigenvalue weighted by Crippen LogP contribution is 2.36. The Hall–Kier alpha value is -3.84. The first kappa shape index (κ1) is 22.9. The van der Waals surface area contributed by atoms with Gasteiger partial charge in [0.1, 0.15) is 0 Å². The van der Waals surface area contributed by atoms with E-state index in [0.717, 1.165) is 47.2 Å². The Morgan fingerprint density at radius 3 is 2.34 bits per heavy atom. The van der Waals surface area contributed by atoms with E-state index in [0.29, 0.717) is 12.2 Å². The van der Waals surface area contributed by atoms with Gasteiger partial charge < -0.3 is 0 Å². The number of nitrogens with zero attached hydrogens (tertiary/aromatic N) is 4. The van der Waals surface area contributed by atoms with Crippen LogP contribution in [-0.4, -0.2) is 38.2 Å². The van der Waals surface area contributed by atoms with Crippen molar-refractivity contribution in [1.82, 2.24) is 25.9 Å². The highest BCUT2D eigenvalue weighted by molar-refractivity contribution is 6.01. The van der Waals surface area contributed by atoms with Crippen molar-refractivity contribution in [2.75, 3.05) is 4.90 Å². The molecule has 1 fully saturated rings. The molecule has 1 aromatic heterocycles. The van der Waals surface area contributed by atoms with Crippen molar-refractivity contribution in [3.8, 4) is 22.5 Å². The van der Waals surface area contributed by atoms with E-state index in [4.69, 9.17) is 0 Å². The van der Waals surface area contributed by atoms with Crippen LogP contribution in [0.5, 0.6) is 0 Å². The number of aromatic amines is 1. The molecule has 2 unspecified atom stereocenters. The Bertz CT molecular complexity index is 1270. The topological polar surface area (TPSA) is 86.8 Å². The maximum Gasteiger partial charge on any atom is 0.246 e. The minimum Gasteiger partial charge on any atom is -0.293 e. The molecule has 1 amide bonds. The number of carbonyl (C=O) groups excluding carboxylic acids is 1. The number of unbranched alkanes of at least 4 members (excludes halogenated alkanes) is 1. The van der Waals surface area contributed by atoms with Gasteiger partial charge in [0.2, 0.25) is 5.91 Å². The third-order valence-electron chi connectivity index (χ3n) is 6.76. The van der Waals surface area contributed by atoms with Gasteiger partial charge >= 0.3 is 0 Å². The Morgan fingerprint density at radius 1 is 0.943 bits per heavy atom. The van der Waals surface area contributed by atoms with Gasteiger partial charge in [0, 0.05) is 11.3 Å². The molecular formula is C28H30N6O. The van der Waals surface area contributed by atoms with E-state index in [-0.39, 0.29) is 11.9 Å². The number of carbonyl (C=O) groups is 1. The lowest BCUT2D eigenvalue weighted by Gasteiger charge is -2.35. The molecule has 0 saturated carbocycles. The summed E-state index contributed by atoms with van der Waals surface area (Å²) in [6.45, 7) is 4.33. The van der Waals surface area contributed by atoms with Gasteiger partial charge in [0.15, 0.2) is 5.82 Å².